The van der Waals surface area contributed by atoms with Gasteiger partial charge in [0.05, 0.1) is 17.3 Å². The van der Waals surface area contributed by atoms with Gasteiger partial charge < -0.3 is 10.6 Å². The Labute approximate surface area is 147 Å². The summed E-state index contributed by atoms with van der Waals surface area (Å²) in [5.74, 6) is 0.524. The topological polar surface area (TPSA) is 73.4 Å². The summed E-state index contributed by atoms with van der Waals surface area (Å²) < 4.78 is 13.9. The summed E-state index contributed by atoms with van der Waals surface area (Å²) in [6.07, 6.45) is 1.34. The third-order valence-corrected chi connectivity index (χ3v) is 6.23. The van der Waals surface area contributed by atoms with Crippen molar-refractivity contribution in [2.45, 2.75) is 37.5 Å². The summed E-state index contributed by atoms with van der Waals surface area (Å²) in [5.41, 5.74) is 7.19. The minimum absolute atomic E-state index is 0.211. The van der Waals surface area contributed by atoms with E-state index in [0.29, 0.717) is 23.9 Å². The van der Waals surface area contributed by atoms with E-state index in [1.165, 1.54) is 0 Å². The molecule has 132 valence electrons. The number of carbonyl (C=O) groups excluding carboxylic acids is 1. The van der Waals surface area contributed by atoms with E-state index in [1.54, 1.807) is 0 Å². The predicted octanol–water partition coefficient (Wildman–Crippen LogP) is 1.67. The molecule has 4 rings (SSSR count). The zero-order chi connectivity index (χ0) is 17.6. The molecule has 3 fully saturated rings. The first kappa shape index (κ1) is 16.3. The predicted molar refractivity (Wildman–Crippen MR) is 92.6 cm³/mol. The van der Waals surface area contributed by atoms with Gasteiger partial charge in [-0.05, 0) is 36.8 Å². The molecule has 0 unspecified atom stereocenters. The molecule has 2 saturated heterocycles. The third kappa shape index (κ3) is 2.77. The number of primary amides is 1. The first-order valence-electron chi connectivity index (χ1n) is 9.01. The molecule has 5 nitrogen and oxygen atoms in total. The highest BCUT2D eigenvalue weighted by Crippen LogP contribution is 2.44. The molecule has 0 bridgehead atoms. The van der Waals surface area contributed by atoms with E-state index < -0.39 is 18.1 Å². The molecule has 2 heterocycles. The second-order valence-electron chi connectivity index (χ2n) is 7.55. The van der Waals surface area contributed by atoms with Gasteiger partial charge in [-0.15, -0.1) is 0 Å². The fourth-order valence-corrected chi connectivity index (χ4v) is 5.14. The van der Waals surface area contributed by atoms with Crippen LogP contribution in [-0.2, 0) is 4.79 Å². The number of alkyl halides is 1. The minimum atomic E-state index is -0.964. The number of nitrogens with two attached hydrogens (primary N) is 1. The number of hydrogen-bond donors (Lipinski definition) is 1. The maximum absolute atomic E-state index is 13.9. The van der Waals surface area contributed by atoms with Crippen LogP contribution < -0.4 is 10.6 Å². The molecule has 1 aromatic carbocycles. The standard InChI is InChI=1S/C19H23FN4O/c20-14-7-18(19(22)25)24(10-14)17-6-5-13-9-23(11-15(13)17)16-4-2-1-3-12(16)8-21/h1-4,13-15,17-18H,5-7,9-11H2,(H2,22,25)/t13-,14-,15+,17+,18+/m1/s1. The van der Waals surface area contributed by atoms with Gasteiger partial charge in [0.1, 0.15) is 12.2 Å². The van der Waals surface area contributed by atoms with E-state index in [2.05, 4.69) is 11.0 Å². The van der Waals surface area contributed by atoms with Gasteiger partial charge >= 0.3 is 0 Å². The molecule has 1 saturated carbocycles. The van der Waals surface area contributed by atoms with E-state index in [1.807, 2.05) is 29.2 Å². The Bertz CT molecular complexity index is 718. The Kier molecular flexibility index (Phi) is 4.12. The molecule has 5 atom stereocenters. The largest absolute Gasteiger partial charge is 0.370 e. The molecule has 1 aliphatic carbocycles. The maximum atomic E-state index is 13.9. The number of rotatable bonds is 3. The van der Waals surface area contributed by atoms with Crippen molar-refractivity contribution in [3.63, 3.8) is 0 Å². The zero-order valence-electron chi connectivity index (χ0n) is 14.1. The first-order valence-corrected chi connectivity index (χ1v) is 9.01. The second-order valence-corrected chi connectivity index (χ2v) is 7.55. The van der Waals surface area contributed by atoms with Crippen molar-refractivity contribution in [3.8, 4) is 6.07 Å². The van der Waals surface area contributed by atoms with Crippen LogP contribution in [0.2, 0.25) is 0 Å². The molecule has 25 heavy (non-hydrogen) atoms. The highest BCUT2D eigenvalue weighted by molar-refractivity contribution is 5.80. The molecule has 0 spiro atoms. The highest BCUT2D eigenvalue weighted by Gasteiger charge is 2.49. The first-order chi connectivity index (χ1) is 12.1. The average molecular weight is 342 g/mol. The van der Waals surface area contributed by atoms with Crippen LogP contribution >= 0.6 is 0 Å². The smallest absolute Gasteiger partial charge is 0.234 e. The number of halogens is 1. The monoisotopic (exact) mass is 342 g/mol. The second kappa shape index (κ2) is 6.30. The quantitative estimate of drug-likeness (QED) is 0.907. The number of nitriles is 1. The summed E-state index contributed by atoms with van der Waals surface area (Å²) in [5, 5.41) is 9.35. The van der Waals surface area contributed by atoms with Gasteiger partial charge in [-0.1, -0.05) is 12.1 Å². The zero-order valence-corrected chi connectivity index (χ0v) is 14.1. The van der Waals surface area contributed by atoms with Crippen LogP contribution in [0.15, 0.2) is 24.3 Å². The lowest BCUT2D eigenvalue weighted by Gasteiger charge is -2.33. The van der Waals surface area contributed by atoms with E-state index in [0.717, 1.165) is 31.6 Å². The number of para-hydroxylation sites is 1. The third-order valence-electron chi connectivity index (χ3n) is 6.23. The number of amides is 1. The SMILES string of the molecule is N#Cc1ccccc1N1C[C@H]2CC[C@H](N3C[C@H](F)C[C@H]3C(N)=O)[C@H]2C1. The lowest BCUT2D eigenvalue weighted by molar-refractivity contribution is -0.123. The number of likely N-dealkylation sites (tertiary alicyclic amines) is 1. The van der Waals surface area contributed by atoms with Crippen molar-refractivity contribution in [2.24, 2.45) is 17.6 Å². The Morgan fingerprint density at radius 3 is 2.80 bits per heavy atom. The molecule has 0 radical (unpaired) electrons. The van der Waals surface area contributed by atoms with Gasteiger partial charge in [0.15, 0.2) is 0 Å². The summed E-state index contributed by atoms with van der Waals surface area (Å²) in [7, 11) is 0. The van der Waals surface area contributed by atoms with Gasteiger partial charge in [0, 0.05) is 32.1 Å². The number of carbonyl (C=O) groups is 1. The number of hydrogen-bond acceptors (Lipinski definition) is 4. The molecular formula is C19H23FN4O. The van der Waals surface area contributed by atoms with Crippen molar-refractivity contribution in [1.82, 2.24) is 4.90 Å². The van der Waals surface area contributed by atoms with Crippen LogP contribution in [-0.4, -0.2) is 48.7 Å². The Morgan fingerprint density at radius 2 is 2.04 bits per heavy atom. The molecule has 0 aromatic heterocycles. The normalized spacial score (nSPS) is 34.9. The van der Waals surface area contributed by atoms with Gasteiger partial charge in [0.25, 0.3) is 0 Å². The summed E-state index contributed by atoms with van der Waals surface area (Å²) >= 11 is 0. The summed E-state index contributed by atoms with van der Waals surface area (Å²) in [4.78, 5) is 16.0. The minimum Gasteiger partial charge on any atom is -0.370 e. The van der Waals surface area contributed by atoms with Crippen LogP contribution in [0.5, 0.6) is 0 Å². The lowest BCUT2D eigenvalue weighted by atomic mass is 9.96. The molecule has 6 heteroatoms. The van der Waals surface area contributed by atoms with Gasteiger partial charge in [-0.2, -0.15) is 5.26 Å². The van der Waals surface area contributed by atoms with Crippen molar-refractivity contribution in [1.29, 1.82) is 5.26 Å². The van der Waals surface area contributed by atoms with Crippen molar-refractivity contribution < 1.29 is 9.18 Å². The number of nitrogens with zero attached hydrogens (tertiary/aromatic N) is 3. The van der Waals surface area contributed by atoms with Gasteiger partial charge in [-0.3, -0.25) is 9.69 Å². The number of anilines is 1. The fraction of sp³-hybridized carbons (Fsp3) is 0.579. The van der Waals surface area contributed by atoms with Crippen LogP contribution in [0.3, 0.4) is 0 Å². The molecule has 3 aliphatic rings. The molecular weight excluding hydrogens is 319 g/mol. The molecule has 2 aliphatic heterocycles. The maximum Gasteiger partial charge on any atom is 0.234 e. The van der Waals surface area contributed by atoms with E-state index >= 15 is 0 Å². The van der Waals surface area contributed by atoms with Crippen LogP contribution in [0.1, 0.15) is 24.8 Å². The Hall–Kier alpha value is -2.13. The van der Waals surface area contributed by atoms with Crippen LogP contribution in [0.25, 0.3) is 0 Å². The van der Waals surface area contributed by atoms with Crippen molar-refractivity contribution in [3.05, 3.63) is 29.8 Å². The number of fused-ring (bicyclic) bond motifs is 1. The van der Waals surface area contributed by atoms with Crippen molar-refractivity contribution in [2.75, 3.05) is 24.5 Å². The van der Waals surface area contributed by atoms with Gasteiger partial charge in [0.2, 0.25) is 5.91 Å². The van der Waals surface area contributed by atoms with E-state index in [9.17, 15) is 14.4 Å². The fourth-order valence-electron chi connectivity index (χ4n) is 5.14. The molecule has 1 amide bonds. The summed E-state index contributed by atoms with van der Waals surface area (Å²) in [6.45, 7) is 2.09. The molecule has 2 N–H and O–H groups in total. The Balaban J connectivity index is 1.54. The van der Waals surface area contributed by atoms with E-state index in [-0.39, 0.29) is 12.5 Å². The Morgan fingerprint density at radius 1 is 1.24 bits per heavy atom. The van der Waals surface area contributed by atoms with Crippen molar-refractivity contribution >= 4 is 11.6 Å². The van der Waals surface area contributed by atoms with Crippen LogP contribution in [0, 0.1) is 23.2 Å². The summed E-state index contributed by atoms with van der Waals surface area (Å²) in [6, 6.07) is 9.68. The lowest BCUT2D eigenvalue weighted by Crippen LogP contribution is -2.48. The van der Waals surface area contributed by atoms with E-state index in [4.69, 9.17) is 5.73 Å². The molecule has 1 aromatic rings. The van der Waals surface area contributed by atoms with Crippen LogP contribution in [0.4, 0.5) is 10.1 Å². The highest BCUT2D eigenvalue weighted by atomic mass is 19.1. The number of benzene rings is 1. The average Bonchev–Trinajstić information content (AvgIpc) is 3.28. The van der Waals surface area contributed by atoms with Gasteiger partial charge in [-0.25, -0.2) is 4.39 Å².